The molecule has 2 aromatic rings. The molecule has 1 aliphatic heterocycles. The molecule has 15 heteroatoms. The van der Waals surface area contributed by atoms with Gasteiger partial charge in [0.1, 0.15) is 29.0 Å². The fourth-order valence-corrected chi connectivity index (χ4v) is 6.91. The molecule has 0 spiro atoms. The Bertz CT molecular complexity index is 1680. The molecule has 1 heterocycles. The van der Waals surface area contributed by atoms with Crippen molar-refractivity contribution in [2.24, 2.45) is 0 Å². The number of aromatic hydroxyl groups is 2. The maximum Gasteiger partial charge on any atom is 0.471 e. The van der Waals surface area contributed by atoms with Crippen LogP contribution < -0.4 is 10.1 Å². The molecule has 2 aliphatic carbocycles. The Hall–Kier alpha value is -4.05. The molecular formula is C34H38F3NO11. The van der Waals surface area contributed by atoms with E-state index in [1.165, 1.54) is 32.2 Å². The number of rotatable bonds is 10. The number of methoxy groups -OCH3 is 1. The summed E-state index contributed by atoms with van der Waals surface area (Å²) < 4.78 is 56.2. The molecule has 6 atom stereocenters. The highest BCUT2D eigenvalue weighted by molar-refractivity contribution is 6.31. The Labute approximate surface area is 279 Å². The van der Waals surface area contributed by atoms with Gasteiger partial charge in [-0.1, -0.05) is 38.3 Å². The minimum absolute atomic E-state index is 0.0315. The number of aliphatic hydroxyl groups excluding tert-OH is 1. The summed E-state index contributed by atoms with van der Waals surface area (Å²) in [6.45, 7) is 3.31. The van der Waals surface area contributed by atoms with Gasteiger partial charge in [-0.05, 0) is 19.4 Å². The van der Waals surface area contributed by atoms with Crippen molar-refractivity contribution in [1.29, 1.82) is 0 Å². The molecule has 1 fully saturated rings. The normalized spacial score (nSPS) is 26.4. The van der Waals surface area contributed by atoms with Gasteiger partial charge in [0.25, 0.3) is 0 Å². The Morgan fingerprint density at radius 2 is 1.76 bits per heavy atom. The van der Waals surface area contributed by atoms with Crippen LogP contribution in [0.1, 0.15) is 108 Å². The first-order valence-electron chi connectivity index (χ1n) is 16.0. The molecule has 12 nitrogen and oxygen atoms in total. The number of amides is 1. The van der Waals surface area contributed by atoms with Crippen LogP contribution in [0.5, 0.6) is 17.2 Å². The van der Waals surface area contributed by atoms with E-state index in [2.05, 4.69) is 0 Å². The van der Waals surface area contributed by atoms with E-state index < -0.39 is 108 Å². The van der Waals surface area contributed by atoms with Gasteiger partial charge in [0.05, 0.1) is 42.0 Å². The maximum absolute atomic E-state index is 13.9. The number of hydrogen-bond donors (Lipinski definition) is 5. The molecule has 6 unspecified atom stereocenters. The molecule has 3 aliphatic rings. The third-order valence-corrected chi connectivity index (χ3v) is 9.45. The molecule has 5 N–H and O–H groups in total. The van der Waals surface area contributed by atoms with Crippen molar-refractivity contribution >= 4 is 23.3 Å². The quantitative estimate of drug-likeness (QED) is 0.154. The zero-order valence-electron chi connectivity index (χ0n) is 27.1. The largest absolute Gasteiger partial charge is 0.507 e. The monoisotopic (exact) mass is 693 g/mol. The lowest BCUT2D eigenvalue weighted by Gasteiger charge is -2.43. The molecule has 5 rings (SSSR count). The number of benzene rings is 2. The fourth-order valence-electron chi connectivity index (χ4n) is 6.91. The number of aliphatic hydroxyl groups is 2. The van der Waals surface area contributed by atoms with Crippen molar-refractivity contribution in [3.63, 3.8) is 0 Å². The highest BCUT2D eigenvalue weighted by Gasteiger charge is 2.51. The molecule has 49 heavy (non-hydrogen) atoms. The number of ketones is 3. The zero-order chi connectivity index (χ0) is 36.0. The number of phenols is 2. The molecule has 0 aromatic heterocycles. The number of nitrogens with one attached hydrogen (secondary N) is 1. The van der Waals surface area contributed by atoms with Crippen LogP contribution in [0.4, 0.5) is 13.2 Å². The standard InChI is InChI=1S/C34H38F3NO11/c1-4-5-6-7-11-21(39)33(46)13-17-24(20(14-33)49-22-12-18(27(40)15(2)48-22)38-32(45)34(35,36)37)31(44)26-25(29(17)42)28(41)16-9-8-10-19(47-3)23(16)30(26)43/h8-10,15,18,20,22,27,40,42,44,46H,4-7,11-14H2,1-3H3,(H,38,45). The smallest absolute Gasteiger partial charge is 0.471 e. The van der Waals surface area contributed by atoms with Gasteiger partial charge in [-0.2, -0.15) is 13.2 Å². The van der Waals surface area contributed by atoms with E-state index in [0.717, 1.165) is 12.8 Å². The van der Waals surface area contributed by atoms with Crippen LogP contribution in [0, 0.1) is 0 Å². The summed E-state index contributed by atoms with van der Waals surface area (Å²) in [7, 11) is 1.28. The van der Waals surface area contributed by atoms with Crippen molar-refractivity contribution in [3.8, 4) is 17.2 Å². The molecule has 0 saturated carbocycles. The van der Waals surface area contributed by atoms with Crippen LogP contribution in [0.15, 0.2) is 18.2 Å². The minimum Gasteiger partial charge on any atom is -0.507 e. The summed E-state index contributed by atoms with van der Waals surface area (Å²) in [5, 5.41) is 47.4. The highest BCUT2D eigenvalue weighted by Crippen LogP contribution is 2.52. The van der Waals surface area contributed by atoms with Crippen molar-refractivity contribution in [1.82, 2.24) is 5.32 Å². The van der Waals surface area contributed by atoms with Crippen LogP contribution in [0.2, 0.25) is 0 Å². The van der Waals surface area contributed by atoms with Gasteiger partial charge in [-0.15, -0.1) is 0 Å². The highest BCUT2D eigenvalue weighted by atomic mass is 19.4. The molecule has 1 saturated heterocycles. The number of halogens is 3. The molecule has 0 radical (unpaired) electrons. The number of ether oxygens (including phenoxy) is 3. The van der Waals surface area contributed by atoms with Gasteiger partial charge >= 0.3 is 12.1 Å². The molecule has 2 aromatic carbocycles. The van der Waals surface area contributed by atoms with Gasteiger partial charge in [0, 0.05) is 42.4 Å². The molecular weight excluding hydrogens is 655 g/mol. The lowest BCUT2D eigenvalue weighted by molar-refractivity contribution is -0.250. The van der Waals surface area contributed by atoms with E-state index in [1.807, 2.05) is 6.92 Å². The third-order valence-electron chi connectivity index (χ3n) is 9.45. The Morgan fingerprint density at radius 3 is 2.41 bits per heavy atom. The Balaban J connectivity index is 1.59. The Kier molecular flexibility index (Phi) is 10.1. The van der Waals surface area contributed by atoms with Crippen molar-refractivity contribution in [2.45, 2.75) is 108 Å². The van der Waals surface area contributed by atoms with Gasteiger partial charge in [-0.25, -0.2) is 0 Å². The Morgan fingerprint density at radius 1 is 1.06 bits per heavy atom. The summed E-state index contributed by atoms with van der Waals surface area (Å²) in [6.07, 6.45) is -9.78. The van der Waals surface area contributed by atoms with E-state index in [4.69, 9.17) is 14.2 Å². The van der Waals surface area contributed by atoms with Crippen LogP contribution in [0.3, 0.4) is 0 Å². The first-order chi connectivity index (χ1) is 23.0. The van der Waals surface area contributed by atoms with E-state index in [9.17, 15) is 52.8 Å². The number of carbonyl (C=O) groups excluding carboxylic acids is 4. The van der Waals surface area contributed by atoms with Crippen LogP contribution in [-0.2, 0) is 25.5 Å². The predicted molar refractivity (Wildman–Crippen MR) is 163 cm³/mol. The first kappa shape index (κ1) is 36.2. The second kappa shape index (κ2) is 13.7. The molecule has 1 amide bonds. The van der Waals surface area contributed by atoms with Crippen molar-refractivity contribution < 1.29 is 67.0 Å². The summed E-state index contributed by atoms with van der Waals surface area (Å²) >= 11 is 0. The van der Waals surface area contributed by atoms with Crippen LogP contribution in [0.25, 0.3) is 0 Å². The predicted octanol–water partition coefficient (Wildman–Crippen LogP) is 3.70. The topological polar surface area (TPSA) is 189 Å². The second-order valence-corrected chi connectivity index (χ2v) is 12.7. The van der Waals surface area contributed by atoms with E-state index >= 15 is 0 Å². The average Bonchev–Trinajstić information content (AvgIpc) is 3.04. The summed E-state index contributed by atoms with van der Waals surface area (Å²) in [5.74, 6) is -6.09. The van der Waals surface area contributed by atoms with Crippen LogP contribution >= 0.6 is 0 Å². The molecule has 266 valence electrons. The lowest BCUT2D eigenvalue weighted by Crippen LogP contribution is -2.57. The van der Waals surface area contributed by atoms with Gasteiger partial charge in [-0.3, -0.25) is 19.2 Å². The number of alkyl halides is 3. The first-order valence-corrected chi connectivity index (χ1v) is 16.0. The summed E-state index contributed by atoms with van der Waals surface area (Å²) in [5.41, 5.74) is -4.05. The summed E-state index contributed by atoms with van der Waals surface area (Å²) in [4.78, 5) is 52.8. The SMILES string of the molecule is CCCCCCC(=O)C1(O)Cc2c(O)c3c(c(O)c2C(OC2CC(NC(=O)C(F)(F)F)C(O)C(C)O2)C1)C(=O)c1c(OC)cccc1C3=O. The van der Waals surface area contributed by atoms with E-state index in [-0.39, 0.29) is 34.4 Å². The maximum atomic E-state index is 13.9. The minimum atomic E-state index is -5.25. The number of unbranched alkanes of at least 4 members (excludes halogenated alkanes) is 3. The van der Waals surface area contributed by atoms with Gasteiger partial charge in [0.15, 0.2) is 17.9 Å². The average molecular weight is 694 g/mol. The number of hydrogen-bond acceptors (Lipinski definition) is 11. The van der Waals surface area contributed by atoms with E-state index in [0.29, 0.717) is 12.8 Å². The van der Waals surface area contributed by atoms with Crippen molar-refractivity contribution in [3.05, 3.63) is 51.6 Å². The van der Waals surface area contributed by atoms with Crippen molar-refractivity contribution in [2.75, 3.05) is 7.11 Å². The van der Waals surface area contributed by atoms with E-state index in [1.54, 1.807) is 5.32 Å². The number of carbonyl (C=O) groups is 4. The number of fused-ring (bicyclic) bond motifs is 3. The second-order valence-electron chi connectivity index (χ2n) is 12.7. The van der Waals surface area contributed by atoms with Gasteiger partial charge in [0.2, 0.25) is 5.78 Å². The summed E-state index contributed by atoms with van der Waals surface area (Å²) in [6, 6.07) is 2.75. The third kappa shape index (κ3) is 6.64. The number of phenolic OH excluding ortho intramolecular Hbond substituents is 2. The van der Waals surface area contributed by atoms with Gasteiger partial charge < -0.3 is 40.0 Å². The molecule has 0 bridgehead atoms. The fraction of sp³-hybridized carbons (Fsp3) is 0.529. The number of Topliss-reactive ketones (excluding diaryl/α,β-unsaturated/α-hetero) is 1. The zero-order valence-corrected chi connectivity index (χ0v) is 27.1. The lowest BCUT2D eigenvalue weighted by atomic mass is 9.71. The van der Waals surface area contributed by atoms with Crippen LogP contribution in [-0.4, -0.2) is 87.1 Å².